The number of H-pyrrole nitrogens is 1. The van der Waals surface area contributed by atoms with Crippen molar-refractivity contribution in [3.8, 4) is 0 Å². The van der Waals surface area contributed by atoms with Gasteiger partial charge in [-0.15, -0.1) is 0 Å². The Labute approximate surface area is 122 Å². The normalized spacial score (nSPS) is 29.0. The number of anilines is 1. The molecule has 2 aliphatic rings. The summed E-state index contributed by atoms with van der Waals surface area (Å²) >= 11 is 0. The minimum atomic E-state index is -0.237. The Balaban J connectivity index is 1.69. The first-order valence-electron chi connectivity index (χ1n) is 7.59. The van der Waals surface area contributed by atoms with Crippen LogP contribution < -0.4 is 16.3 Å². The van der Waals surface area contributed by atoms with Crippen LogP contribution in [0.5, 0.6) is 0 Å². The van der Waals surface area contributed by atoms with Gasteiger partial charge in [0.2, 0.25) is 0 Å². The summed E-state index contributed by atoms with van der Waals surface area (Å²) in [6, 6.07) is 2.19. The summed E-state index contributed by atoms with van der Waals surface area (Å²) in [6.45, 7) is 3.81. The topological polar surface area (TPSA) is 92.3 Å². The minimum absolute atomic E-state index is 0.237. The molecule has 0 amide bonds. The van der Waals surface area contributed by atoms with Gasteiger partial charge in [-0.25, -0.2) is 19.3 Å². The zero-order valence-corrected chi connectivity index (χ0v) is 12.1. The van der Waals surface area contributed by atoms with Crippen molar-refractivity contribution in [3.63, 3.8) is 0 Å². The number of nitrogens with zero attached hydrogens (tertiary/aromatic N) is 4. The second-order valence-corrected chi connectivity index (χ2v) is 6.31. The van der Waals surface area contributed by atoms with Crippen molar-refractivity contribution in [2.24, 2.45) is 17.6 Å². The molecule has 2 aromatic heterocycles. The maximum atomic E-state index is 11.7. The summed E-state index contributed by atoms with van der Waals surface area (Å²) in [5, 5.41) is 6.52. The Morgan fingerprint density at radius 3 is 3.05 bits per heavy atom. The van der Waals surface area contributed by atoms with E-state index in [2.05, 4.69) is 20.1 Å². The SMILES string of the molecule is Cc1nc(N2CC3CCCC(N)C3C2)cc2n[nH]c(=O)n12. The number of aromatic nitrogens is 4. The number of aryl methyl sites for hydroxylation is 1. The molecule has 1 saturated heterocycles. The highest BCUT2D eigenvalue weighted by atomic mass is 16.1. The summed E-state index contributed by atoms with van der Waals surface area (Å²) in [6.07, 6.45) is 3.63. The number of hydrogen-bond donors (Lipinski definition) is 2. The van der Waals surface area contributed by atoms with Gasteiger partial charge < -0.3 is 10.6 Å². The van der Waals surface area contributed by atoms with Crippen molar-refractivity contribution in [2.45, 2.75) is 32.2 Å². The van der Waals surface area contributed by atoms with Crippen LogP contribution in [-0.4, -0.2) is 38.7 Å². The van der Waals surface area contributed by atoms with Crippen molar-refractivity contribution in [1.29, 1.82) is 0 Å². The molecule has 3 atom stereocenters. The minimum Gasteiger partial charge on any atom is -0.356 e. The number of rotatable bonds is 1. The van der Waals surface area contributed by atoms with Crippen LogP contribution in [0.15, 0.2) is 10.9 Å². The fourth-order valence-electron chi connectivity index (χ4n) is 3.95. The van der Waals surface area contributed by atoms with E-state index in [-0.39, 0.29) is 5.69 Å². The Kier molecular flexibility index (Phi) is 2.78. The Morgan fingerprint density at radius 2 is 2.24 bits per heavy atom. The van der Waals surface area contributed by atoms with E-state index in [0.717, 1.165) is 25.3 Å². The predicted octanol–water partition coefficient (Wildman–Crippen LogP) is 0.290. The molecule has 3 N–H and O–H groups in total. The monoisotopic (exact) mass is 288 g/mol. The summed E-state index contributed by atoms with van der Waals surface area (Å²) in [4.78, 5) is 18.5. The predicted molar refractivity (Wildman–Crippen MR) is 79.4 cm³/mol. The third-order valence-corrected chi connectivity index (χ3v) is 5.03. The highest BCUT2D eigenvalue weighted by Crippen LogP contribution is 2.37. The highest BCUT2D eigenvalue weighted by Gasteiger charge is 2.39. The standard InChI is InChI=1S/C14H20N6O/c1-8-16-12(5-13-17-18-14(21)20(8)13)19-6-9-3-2-4-11(15)10(9)7-19/h5,9-11H,2-4,6-7,15H2,1H3,(H,18,21). The largest absolute Gasteiger partial charge is 0.356 e. The number of nitrogens with one attached hydrogen (secondary N) is 1. The maximum Gasteiger partial charge on any atom is 0.349 e. The van der Waals surface area contributed by atoms with Crippen molar-refractivity contribution >= 4 is 11.5 Å². The number of nitrogens with two attached hydrogens (primary N) is 1. The van der Waals surface area contributed by atoms with Crippen LogP contribution in [0.25, 0.3) is 5.65 Å². The number of aromatic amines is 1. The zero-order chi connectivity index (χ0) is 14.6. The third kappa shape index (κ3) is 1.95. The van der Waals surface area contributed by atoms with Gasteiger partial charge in [-0.3, -0.25) is 0 Å². The zero-order valence-electron chi connectivity index (χ0n) is 12.1. The van der Waals surface area contributed by atoms with Crippen LogP contribution in [0.3, 0.4) is 0 Å². The van der Waals surface area contributed by atoms with Gasteiger partial charge in [-0.2, -0.15) is 5.10 Å². The van der Waals surface area contributed by atoms with Crippen molar-refractivity contribution in [1.82, 2.24) is 19.6 Å². The molecule has 2 aromatic rings. The van der Waals surface area contributed by atoms with Crippen LogP contribution in [0, 0.1) is 18.8 Å². The second kappa shape index (κ2) is 4.56. The van der Waals surface area contributed by atoms with Gasteiger partial charge in [0.15, 0.2) is 5.65 Å². The van der Waals surface area contributed by atoms with Gasteiger partial charge >= 0.3 is 5.69 Å². The van der Waals surface area contributed by atoms with Crippen molar-refractivity contribution in [3.05, 3.63) is 22.4 Å². The van der Waals surface area contributed by atoms with Crippen LogP contribution in [0.2, 0.25) is 0 Å². The summed E-state index contributed by atoms with van der Waals surface area (Å²) < 4.78 is 1.50. The van der Waals surface area contributed by atoms with Crippen LogP contribution in [-0.2, 0) is 0 Å². The van der Waals surface area contributed by atoms with E-state index in [1.165, 1.54) is 17.2 Å². The van der Waals surface area contributed by atoms with E-state index in [4.69, 9.17) is 5.73 Å². The Bertz CT molecular complexity index is 735. The molecule has 21 heavy (non-hydrogen) atoms. The van der Waals surface area contributed by atoms with E-state index < -0.39 is 0 Å². The van der Waals surface area contributed by atoms with E-state index in [9.17, 15) is 4.79 Å². The molecule has 1 aliphatic carbocycles. The van der Waals surface area contributed by atoms with E-state index in [1.807, 2.05) is 13.0 Å². The molecular formula is C14H20N6O. The molecule has 3 unspecified atom stereocenters. The van der Waals surface area contributed by atoms with Gasteiger partial charge in [0, 0.05) is 25.2 Å². The van der Waals surface area contributed by atoms with Gasteiger partial charge in [0.05, 0.1) is 0 Å². The molecule has 0 bridgehead atoms. The average Bonchev–Trinajstić information content (AvgIpc) is 3.04. The lowest BCUT2D eigenvalue weighted by Crippen LogP contribution is -2.38. The molecular weight excluding hydrogens is 268 g/mol. The molecule has 7 heteroatoms. The van der Waals surface area contributed by atoms with Crippen LogP contribution >= 0.6 is 0 Å². The van der Waals surface area contributed by atoms with E-state index in [0.29, 0.717) is 29.3 Å². The summed E-state index contributed by atoms with van der Waals surface area (Å²) in [5.74, 6) is 2.81. The lowest BCUT2D eigenvalue weighted by atomic mass is 9.78. The number of hydrogen-bond acceptors (Lipinski definition) is 5. The fraction of sp³-hybridized carbons (Fsp3) is 0.643. The van der Waals surface area contributed by atoms with E-state index in [1.54, 1.807) is 0 Å². The molecule has 112 valence electrons. The second-order valence-electron chi connectivity index (χ2n) is 6.31. The van der Waals surface area contributed by atoms with Gasteiger partial charge in [0.1, 0.15) is 11.6 Å². The van der Waals surface area contributed by atoms with E-state index >= 15 is 0 Å². The quantitative estimate of drug-likeness (QED) is 0.787. The van der Waals surface area contributed by atoms with Gasteiger partial charge in [-0.05, 0) is 31.6 Å². The molecule has 3 heterocycles. The Hall–Kier alpha value is -1.89. The maximum absolute atomic E-state index is 11.7. The molecule has 4 rings (SSSR count). The molecule has 0 spiro atoms. The number of fused-ring (bicyclic) bond motifs is 2. The van der Waals surface area contributed by atoms with Gasteiger partial charge in [0.25, 0.3) is 0 Å². The fourth-order valence-corrected chi connectivity index (χ4v) is 3.95. The van der Waals surface area contributed by atoms with Gasteiger partial charge in [-0.1, -0.05) is 6.42 Å². The first-order chi connectivity index (χ1) is 10.1. The smallest absolute Gasteiger partial charge is 0.349 e. The molecule has 1 aliphatic heterocycles. The lowest BCUT2D eigenvalue weighted by molar-refractivity contribution is 0.260. The molecule has 0 radical (unpaired) electrons. The summed E-state index contributed by atoms with van der Waals surface area (Å²) in [5.41, 5.74) is 6.66. The molecule has 0 aromatic carbocycles. The van der Waals surface area contributed by atoms with Crippen LogP contribution in [0.4, 0.5) is 5.82 Å². The molecule has 1 saturated carbocycles. The third-order valence-electron chi connectivity index (χ3n) is 5.03. The Morgan fingerprint density at radius 1 is 1.38 bits per heavy atom. The molecule has 2 fully saturated rings. The molecule has 7 nitrogen and oxygen atoms in total. The first-order valence-corrected chi connectivity index (χ1v) is 7.59. The van der Waals surface area contributed by atoms with Crippen molar-refractivity contribution < 1.29 is 0 Å². The van der Waals surface area contributed by atoms with Crippen molar-refractivity contribution in [2.75, 3.05) is 18.0 Å². The first kappa shape index (κ1) is 12.8. The van der Waals surface area contributed by atoms with Crippen LogP contribution in [0.1, 0.15) is 25.1 Å². The summed E-state index contributed by atoms with van der Waals surface area (Å²) in [7, 11) is 0. The lowest BCUT2D eigenvalue weighted by Gasteiger charge is -2.29. The highest BCUT2D eigenvalue weighted by molar-refractivity contribution is 5.52. The average molecular weight is 288 g/mol.